The highest BCUT2D eigenvalue weighted by Crippen LogP contribution is 2.27. The summed E-state index contributed by atoms with van der Waals surface area (Å²) in [5.41, 5.74) is 0.744. The summed E-state index contributed by atoms with van der Waals surface area (Å²) in [4.78, 5) is 12.0. The van der Waals surface area contributed by atoms with Gasteiger partial charge in [0.2, 0.25) is 11.8 Å². The minimum atomic E-state index is -0.329. The lowest BCUT2D eigenvalue weighted by Crippen LogP contribution is -2.32. The number of hydrogen-bond acceptors (Lipinski definition) is 6. The molecule has 1 N–H and O–H groups in total. The van der Waals surface area contributed by atoms with E-state index < -0.39 is 0 Å². The van der Waals surface area contributed by atoms with Crippen LogP contribution in [-0.2, 0) is 9.53 Å². The molecule has 124 valence electrons. The van der Waals surface area contributed by atoms with Crippen molar-refractivity contribution in [2.75, 3.05) is 20.3 Å². The van der Waals surface area contributed by atoms with Crippen LogP contribution < -0.4 is 5.32 Å². The molecule has 8 heteroatoms. The largest absolute Gasteiger partial charge is 0.411 e. The summed E-state index contributed by atoms with van der Waals surface area (Å²) in [6, 6.07) is 7.16. The average Bonchev–Trinajstić information content (AvgIpc) is 3.00. The molecular weight excluding hydrogens is 338 g/mol. The van der Waals surface area contributed by atoms with Crippen molar-refractivity contribution in [3.63, 3.8) is 0 Å². The summed E-state index contributed by atoms with van der Waals surface area (Å²) >= 11 is 7.16. The molecule has 0 aliphatic heterocycles. The number of amides is 1. The minimum Gasteiger partial charge on any atom is -0.411 e. The second-order valence-electron chi connectivity index (χ2n) is 4.78. The first-order valence-electron chi connectivity index (χ1n) is 7.13. The molecule has 2 rings (SSSR count). The summed E-state index contributed by atoms with van der Waals surface area (Å²) in [7, 11) is 1.63. The van der Waals surface area contributed by atoms with Crippen LogP contribution in [0.3, 0.4) is 0 Å². The lowest BCUT2D eigenvalue weighted by atomic mass is 10.2. The molecule has 23 heavy (non-hydrogen) atoms. The van der Waals surface area contributed by atoms with Crippen LogP contribution in [0.4, 0.5) is 0 Å². The van der Waals surface area contributed by atoms with Gasteiger partial charge in [-0.25, -0.2) is 0 Å². The van der Waals surface area contributed by atoms with E-state index in [2.05, 4.69) is 15.5 Å². The third-order valence-electron chi connectivity index (χ3n) is 2.95. The molecular formula is C15H18ClN3O3S. The van der Waals surface area contributed by atoms with Crippen molar-refractivity contribution in [3.8, 4) is 11.5 Å². The number of methoxy groups -OCH3 is 1. The van der Waals surface area contributed by atoms with Gasteiger partial charge in [-0.2, -0.15) is 0 Å². The number of rotatable bonds is 8. The predicted molar refractivity (Wildman–Crippen MR) is 89.6 cm³/mol. The van der Waals surface area contributed by atoms with Crippen LogP contribution in [0.1, 0.15) is 13.3 Å². The normalized spacial score (nSPS) is 12.1. The van der Waals surface area contributed by atoms with Gasteiger partial charge in [0.05, 0.1) is 5.25 Å². The number of aromatic nitrogens is 2. The lowest BCUT2D eigenvalue weighted by molar-refractivity contribution is -0.120. The minimum absolute atomic E-state index is 0.0754. The molecule has 0 aliphatic rings. The van der Waals surface area contributed by atoms with Gasteiger partial charge in [-0.1, -0.05) is 29.4 Å². The van der Waals surface area contributed by atoms with Crippen LogP contribution >= 0.6 is 23.4 Å². The van der Waals surface area contributed by atoms with Crippen LogP contribution in [0.25, 0.3) is 11.5 Å². The summed E-state index contributed by atoms with van der Waals surface area (Å²) < 4.78 is 10.5. The number of carbonyl (C=O) groups is 1. The van der Waals surface area contributed by atoms with Crippen molar-refractivity contribution in [3.05, 3.63) is 29.3 Å². The zero-order valence-corrected chi connectivity index (χ0v) is 14.5. The Morgan fingerprint density at radius 3 is 3.04 bits per heavy atom. The van der Waals surface area contributed by atoms with Crippen LogP contribution in [-0.4, -0.2) is 41.6 Å². The number of ether oxygens (including phenoxy) is 1. The molecule has 1 unspecified atom stereocenters. The van der Waals surface area contributed by atoms with Crippen LogP contribution in [0.2, 0.25) is 5.02 Å². The van der Waals surface area contributed by atoms with Crippen LogP contribution in [0, 0.1) is 0 Å². The third kappa shape index (κ3) is 5.53. The van der Waals surface area contributed by atoms with Crippen molar-refractivity contribution in [2.45, 2.75) is 23.8 Å². The second kappa shape index (κ2) is 8.90. The van der Waals surface area contributed by atoms with E-state index in [0.717, 1.165) is 12.0 Å². The standard InChI is InChI=1S/C15H18ClN3O3S/c1-10(13(20)17-7-4-8-21-2)23-15-19-18-14(22-15)11-5-3-6-12(16)9-11/h3,5-6,9-10H,4,7-8H2,1-2H3,(H,17,20). The van der Waals surface area contributed by atoms with E-state index >= 15 is 0 Å². The number of benzene rings is 1. The zero-order chi connectivity index (χ0) is 16.7. The summed E-state index contributed by atoms with van der Waals surface area (Å²) in [5.74, 6) is 0.302. The quantitative estimate of drug-likeness (QED) is 0.579. The Hall–Kier alpha value is -1.57. The Labute approximate surface area is 143 Å². The van der Waals surface area contributed by atoms with E-state index in [1.807, 2.05) is 12.1 Å². The van der Waals surface area contributed by atoms with E-state index in [0.29, 0.717) is 29.3 Å². The molecule has 6 nitrogen and oxygen atoms in total. The number of halogens is 1. The maximum Gasteiger partial charge on any atom is 0.277 e. The fraction of sp³-hybridized carbons (Fsp3) is 0.400. The van der Waals surface area contributed by atoms with E-state index in [-0.39, 0.29) is 11.2 Å². The SMILES string of the molecule is COCCCNC(=O)C(C)Sc1nnc(-c2cccc(Cl)c2)o1. The summed E-state index contributed by atoms with van der Waals surface area (Å²) in [5, 5.41) is 11.4. The van der Waals surface area contributed by atoms with Gasteiger partial charge in [0.1, 0.15) is 0 Å². The first kappa shape index (κ1) is 17.8. The smallest absolute Gasteiger partial charge is 0.277 e. The molecule has 1 atom stereocenters. The van der Waals surface area contributed by atoms with Crippen molar-refractivity contribution in [1.82, 2.24) is 15.5 Å². The van der Waals surface area contributed by atoms with Crippen molar-refractivity contribution in [1.29, 1.82) is 0 Å². The Morgan fingerprint density at radius 1 is 1.48 bits per heavy atom. The third-order valence-corrected chi connectivity index (χ3v) is 4.12. The maximum absolute atomic E-state index is 12.0. The Balaban J connectivity index is 1.89. The van der Waals surface area contributed by atoms with Gasteiger partial charge >= 0.3 is 0 Å². The molecule has 1 aromatic heterocycles. The Morgan fingerprint density at radius 2 is 2.30 bits per heavy atom. The van der Waals surface area contributed by atoms with Gasteiger partial charge in [-0.15, -0.1) is 10.2 Å². The monoisotopic (exact) mass is 355 g/mol. The molecule has 0 saturated carbocycles. The van der Waals surface area contributed by atoms with Gasteiger partial charge in [0.15, 0.2) is 0 Å². The van der Waals surface area contributed by atoms with Crippen molar-refractivity contribution < 1.29 is 13.9 Å². The average molecular weight is 356 g/mol. The van der Waals surface area contributed by atoms with Crippen molar-refractivity contribution >= 4 is 29.3 Å². The van der Waals surface area contributed by atoms with Crippen LogP contribution in [0.5, 0.6) is 0 Å². The molecule has 0 radical (unpaired) electrons. The molecule has 0 fully saturated rings. The highest BCUT2D eigenvalue weighted by Gasteiger charge is 2.18. The molecule has 2 aromatic rings. The number of nitrogens with one attached hydrogen (secondary N) is 1. The first-order chi connectivity index (χ1) is 11.1. The topological polar surface area (TPSA) is 77.2 Å². The number of hydrogen-bond donors (Lipinski definition) is 1. The zero-order valence-electron chi connectivity index (χ0n) is 12.9. The highest BCUT2D eigenvalue weighted by molar-refractivity contribution is 8.00. The molecule has 1 aromatic carbocycles. The van der Waals surface area contributed by atoms with Crippen LogP contribution in [0.15, 0.2) is 33.9 Å². The van der Waals surface area contributed by atoms with Gasteiger partial charge in [-0.3, -0.25) is 4.79 Å². The number of nitrogens with zero attached hydrogens (tertiary/aromatic N) is 2. The fourth-order valence-electron chi connectivity index (χ4n) is 1.77. The van der Waals surface area contributed by atoms with E-state index in [4.69, 9.17) is 20.8 Å². The van der Waals surface area contributed by atoms with E-state index in [1.54, 1.807) is 26.2 Å². The van der Waals surface area contributed by atoms with E-state index in [1.165, 1.54) is 11.8 Å². The second-order valence-corrected chi connectivity index (χ2v) is 6.51. The molecule has 0 spiro atoms. The first-order valence-corrected chi connectivity index (χ1v) is 8.38. The predicted octanol–water partition coefficient (Wildman–Crippen LogP) is 3.02. The molecule has 0 aliphatic carbocycles. The summed E-state index contributed by atoms with van der Waals surface area (Å²) in [6.45, 7) is 2.99. The molecule has 1 heterocycles. The van der Waals surface area contributed by atoms with Gasteiger partial charge in [0, 0.05) is 30.8 Å². The number of carbonyl (C=O) groups excluding carboxylic acids is 1. The van der Waals surface area contributed by atoms with Gasteiger partial charge in [-0.05, 0) is 31.5 Å². The fourth-order valence-corrected chi connectivity index (χ4v) is 2.67. The number of thioether (sulfide) groups is 1. The maximum atomic E-state index is 12.0. The summed E-state index contributed by atoms with van der Waals surface area (Å²) in [6.07, 6.45) is 0.777. The van der Waals surface area contributed by atoms with E-state index in [9.17, 15) is 4.79 Å². The van der Waals surface area contributed by atoms with Gasteiger partial charge in [0.25, 0.3) is 5.22 Å². The van der Waals surface area contributed by atoms with Gasteiger partial charge < -0.3 is 14.5 Å². The van der Waals surface area contributed by atoms with Crippen molar-refractivity contribution in [2.24, 2.45) is 0 Å². The molecule has 1 amide bonds. The lowest BCUT2D eigenvalue weighted by Gasteiger charge is -2.09. The molecule has 0 saturated heterocycles. The Bertz CT molecular complexity index is 650. The molecule has 0 bridgehead atoms. The Kier molecular flexibility index (Phi) is 6.88. The highest BCUT2D eigenvalue weighted by atomic mass is 35.5.